The first-order valence-corrected chi connectivity index (χ1v) is 3.05. The summed E-state index contributed by atoms with van der Waals surface area (Å²) in [4.78, 5) is 4.06. The van der Waals surface area contributed by atoms with Crippen molar-refractivity contribution in [3.8, 4) is 0 Å². The van der Waals surface area contributed by atoms with Crippen molar-refractivity contribution in [2.75, 3.05) is 5.73 Å². The quantitative estimate of drug-likeness (QED) is 0.647. The SMILES string of the molecule is Cl.Nc1cccc2nccn12. The van der Waals surface area contributed by atoms with Gasteiger partial charge in [-0.05, 0) is 12.1 Å². The summed E-state index contributed by atoms with van der Waals surface area (Å²) < 4.78 is 1.83. The van der Waals surface area contributed by atoms with E-state index in [0.29, 0.717) is 0 Å². The smallest absolute Gasteiger partial charge is 0.138 e. The van der Waals surface area contributed by atoms with E-state index in [2.05, 4.69) is 4.98 Å². The van der Waals surface area contributed by atoms with Gasteiger partial charge in [-0.1, -0.05) is 6.07 Å². The highest BCUT2D eigenvalue weighted by molar-refractivity contribution is 5.85. The highest BCUT2D eigenvalue weighted by Crippen LogP contribution is 2.05. The molecule has 4 heteroatoms. The zero-order valence-corrected chi connectivity index (χ0v) is 6.58. The summed E-state index contributed by atoms with van der Waals surface area (Å²) in [6.45, 7) is 0. The topological polar surface area (TPSA) is 43.3 Å². The second-order valence-corrected chi connectivity index (χ2v) is 2.11. The van der Waals surface area contributed by atoms with Crippen molar-refractivity contribution >= 4 is 23.9 Å². The number of halogens is 1. The van der Waals surface area contributed by atoms with Crippen molar-refractivity contribution in [1.82, 2.24) is 9.38 Å². The summed E-state index contributed by atoms with van der Waals surface area (Å²) in [5.41, 5.74) is 6.51. The summed E-state index contributed by atoms with van der Waals surface area (Å²) in [7, 11) is 0. The van der Waals surface area contributed by atoms with Gasteiger partial charge < -0.3 is 5.73 Å². The molecule has 0 aliphatic heterocycles. The van der Waals surface area contributed by atoms with E-state index in [1.54, 1.807) is 6.20 Å². The van der Waals surface area contributed by atoms with Crippen LogP contribution in [0.3, 0.4) is 0 Å². The van der Waals surface area contributed by atoms with Crippen LogP contribution in [0.1, 0.15) is 0 Å². The molecule has 0 aliphatic rings. The number of nitrogens with zero attached hydrogens (tertiary/aromatic N) is 2. The predicted molar refractivity (Wildman–Crippen MR) is 46.9 cm³/mol. The number of rotatable bonds is 0. The summed E-state index contributed by atoms with van der Waals surface area (Å²) in [6, 6.07) is 5.64. The van der Waals surface area contributed by atoms with Crippen LogP contribution in [-0.4, -0.2) is 9.38 Å². The van der Waals surface area contributed by atoms with Gasteiger partial charge in [0.25, 0.3) is 0 Å². The van der Waals surface area contributed by atoms with Gasteiger partial charge >= 0.3 is 0 Å². The second-order valence-electron chi connectivity index (χ2n) is 2.11. The lowest BCUT2D eigenvalue weighted by atomic mass is 10.4. The van der Waals surface area contributed by atoms with Crippen molar-refractivity contribution < 1.29 is 0 Å². The molecule has 0 saturated carbocycles. The molecule has 0 saturated heterocycles. The first-order valence-electron chi connectivity index (χ1n) is 3.05. The Morgan fingerprint density at radius 1 is 1.36 bits per heavy atom. The van der Waals surface area contributed by atoms with Crippen LogP contribution in [0.15, 0.2) is 30.6 Å². The Bertz CT molecular complexity index is 355. The Hall–Kier alpha value is -1.22. The van der Waals surface area contributed by atoms with Crippen molar-refractivity contribution in [1.29, 1.82) is 0 Å². The molecule has 3 nitrogen and oxygen atoms in total. The van der Waals surface area contributed by atoms with E-state index in [0.717, 1.165) is 11.5 Å². The fourth-order valence-electron chi connectivity index (χ4n) is 0.970. The van der Waals surface area contributed by atoms with Gasteiger partial charge in [-0.3, -0.25) is 4.40 Å². The van der Waals surface area contributed by atoms with Gasteiger partial charge in [0.1, 0.15) is 11.5 Å². The molecule has 0 aliphatic carbocycles. The third-order valence-electron chi connectivity index (χ3n) is 1.46. The van der Waals surface area contributed by atoms with Gasteiger partial charge in [0.05, 0.1) is 0 Å². The molecule has 58 valence electrons. The fraction of sp³-hybridized carbons (Fsp3) is 0. The summed E-state index contributed by atoms with van der Waals surface area (Å²) in [5, 5.41) is 0. The van der Waals surface area contributed by atoms with Gasteiger partial charge in [0.2, 0.25) is 0 Å². The van der Waals surface area contributed by atoms with Crippen LogP contribution in [-0.2, 0) is 0 Å². The molecular weight excluding hydrogens is 162 g/mol. The van der Waals surface area contributed by atoms with Crippen LogP contribution in [0.5, 0.6) is 0 Å². The normalized spacial score (nSPS) is 9.45. The number of nitrogen functional groups attached to an aromatic ring is 1. The largest absolute Gasteiger partial charge is 0.385 e. The number of hydrogen-bond donors (Lipinski definition) is 1. The molecule has 0 fully saturated rings. The van der Waals surface area contributed by atoms with Crippen LogP contribution in [0.25, 0.3) is 5.65 Å². The van der Waals surface area contributed by atoms with E-state index >= 15 is 0 Å². The average Bonchev–Trinajstić information content (AvgIpc) is 2.36. The molecule has 0 atom stereocenters. The number of aromatic nitrogens is 2. The average molecular weight is 170 g/mol. The number of fused-ring (bicyclic) bond motifs is 1. The van der Waals surface area contributed by atoms with E-state index in [1.165, 1.54) is 0 Å². The molecule has 0 spiro atoms. The Morgan fingerprint density at radius 3 is 2.91 bits per heavy atom. The lowest BCUT2D eigenvalue weighted by Gasteiger charge is -1.95. The lowest BCUT2D eigenvalue weighted by molar-refractivity contribution is 1.20. The Morgan fingerprint density at radius 2 is 2.18 bits per heavy atom. The standard InChI is InChI=1S/C7H7N3.ClH/c8-6-2-1-3-7-9-4-5-10(6)7;/h1-5H,8H2;1H. The fourth-order valence-corrected chi connectivity index (χ4v) is 0.970. The van der Waals surface area contributed by atoms with E-state index in [4.69, 9.17) is 5.73 Å². The van der Waals surface area contributed by atoms with Crippen molar-refractivity contribution in [3.63, 3.8) is 0 Å². The van der Waals surface area contributed by atoms with Gasteiger partial charge in [-0.25, -0.2) is 4.98 Å². The van der Waals surface area contributed by atoms with Gasteiger partial charge in [-0.15, -0.1) is 12.4 Å². The first-order chi connectivity index (χ1) is 4.88. The molecule has 2 heterocycles. The van der Waals surface area contributed by atoms with Gasteiger partial charge in [0.15, 0.2) is 0 Å². The molecule has 2 aromatic rings. The van der Waals surface area contributed by atoms with E-state index in [9.17, 15) is 0 Å². The molecule has 2 rings (SSSR count). The summed E-state index contributed by atoms with van der Waals surface area (Å²) in [6.07, 6.45) is 3.57. The molecule has 0 aromatic carbocycles. The maximum atomic E-state index is 5.62. The van der Waals surface area contributed by atoms with Crippen molar-refractivity contribution in [2.45, 2.75) is 0 Å². The number of nitrogens with two attached hydrogens (primary N) is 1. The third-order valence-corrected chi connectivity index (χ3v) is 1.46. The van der Waals surface area contributed by atoms with Gasteiger partial charge in [-0.2, -0.15) is 0 Å². The molecular formula is C7H8ClN3. The molecule has 11 heavy (non-hydrogen) atoms. The monoisotopic (exact) mass is 169 g/mol. The highest BCUT2D eigenvalue weighted by atomic mass is 35.5. The zero-order chi connectivity index (χ0) is 6.97. The van der Waals surface area contributed by atoms with Crippen LogP contribution in [0.4, 0.5) is 5.82 Å². The number of imidazole rings is 1. The van der Waals surface area contributed by atoms with Crippen molar-refractivity contribution in [3.05, 3.63) is 30.6 Å². The first kappa shape index (κ1) is 7.88. The predicted octanol–water partition coefficient (Wildman–Crippen LogP) is 1.34. The second kappa shape index (κ2) is 2.80. The summed E-state index contributed by atoms with van der Waals surface area (Å²) >= 11 is 0. The Balaban J connectivity index is 0.000000605. The molecule has 0 amide bonds. The number of hydrogen-bond acceptors (Lipinski definition) is 2. The zero-order valence-electron chi connectivity index (χ0n) is 5.77. The minimum Gasteiger partial charge on any atom is -0.385 e. The highest BCUT2D eigenvalue weighted by Gasteiger charge is 1.92. The maximum absolute atomic E-state index is 5.62. The Labute approximate surface area is 70.3 Å². The van der Waals surface area contributed by atoms with E-state index in [-0.39, 0.29) is 12.4 Å². The van der Waals surface area contributed by atoms with Gasteiger partial charge in [0, 0.05) is 12.4 Å². The minimum atomic E-state index is 0. The maximum Gasteiger partial charge on any atom is 0.138 e. The Kier molecular flexibility index (Phi) is 2.01. The molecule has 0 radical (unpaired) electrons. The van der Waals surface area contributed by atoms with E-state index < -0.39 is 0 Å². The van der Waals surface area contributed by atoms with Crippen LogP contribution >= 0.6 is 12.4 Å². The van der Waals surface area contributed by atoms with E-state index in [1.807, 2.05) is 28.8 Å². The third kappa shape index (κ3) is 1.14. The summed E-state index contributed by atoms with van der Waals surface area (Å²) in [5.74, 6) is 0.718. The lowest BCUT2D eigenvalue weighted by Crippen LogP contribution is -1.93. The molecule has 0 unspecified atom stereocenters. The van der Waals surface area contributed by atoms with Crippen LogP contribution in [0.2, 0.25) is 0 Å². The van der Waals surface area contributed by atoms with Crippen LogP contribution < -0.4 is 5.73 Å². The van der Waals surface area contributed by atoms with Crippen LogP contribution in [0, 0.1) is 0 Å². The minimum absolute atomic E-state index is 0. The van der Waals surface area contributed by atoms with Crippen molar-refractivity contribution in [2.24, 2.45) is 0 Å². The number of pyridine rings is 1. The number of anilines is 1. The molecule has 0 bridgehead atoms. The molecule has 2 N–H and O–H groups in total. The molecule has 2 aromatic heterocycles.